The van der Waals surface area contributed by atoms with Gasteiger partial charge in [0, 0.05) is 29.4 Å². The SMILES string of the molecule is COC(=O)c1cc(N)cc(-c2cnc(NC(C)C)c(=O)n2CC(=O)NCc2ccc(C(=N)NC(=O)OCc3ccccc3)cc2)c1.O=C(O)C(F)(F)F. The number of nitrogen functional groups attached to an aromatic ring is 1. The third-order valence-corrected chi connectivity index (χ3v) is 6.87. The van der Waals surface area contributed by atoms with Gasteiger partial charge in [0.1, 0.15) is 19.0 Å². The molecule has 0 aliphatic carbocycles. The molecule has 4 rings (SSSR count). The number of hydrogen-bond acceptors (Lipinski definition) is 11. The van der Waals surface area contributed by atoms with E-state index in [0.717, 1.165) is 11.1 Å². The fourth-order valence-electron chi connectivity index (χ4n) is 4.41. The zero-order valence-electron chi connectivity index (χ0n) is 28.6. The van der Waals surface area contributed by atoms with Crippen LogP contribution in [0.3, 0.4) is 0 Å². The Morgan fingerprint density at radius 1 is 0.981 bits per heavy atom. The highest BCUT2D eigenvalue weighted by Gasteiger charge is 2.38. The van der Waals surface area contributed by atoms with Crippen LogP contribution in [0.1, 0.15) is 40.9 Å². The predicted octanol–water partition coefficient (Wildman–Crippen LogP) is 4.30. The Hall–Kier alpha value is -6.72. The number of nitrogens with one attached hydrogen (secondary N) is 4. The van der Waals surface area contributed by atoms with E-state index >= 15 is 0 Å². The van der Waals surface area contributed by atoms with Crippen molar-refractivity contribution in [3.63, 3.8) is 0 Å². The Balaban J connectivity index is 0.000000980. The molecule has 0 atom stereocenters. The molecule has 1 heterocycles. The highest BCUT2D eigenvalue weighted by atomic mass is 19.4. The van der Waals surface area contributed by atoms with Crippen LogP contribution in [0.4, 0.5) is 29.5 Å². The third-order valence-electron chi connectivity index (χ3n) is 6.87. The Morgan fingerprint density at radius 3 is 2.21 bits per heavy atom. The number of rotatable bonds is 11. The van der Waals surface area contributed by atoms with E-state index in [-0.39, 0.29) is 54.3 Å². The predicted molar refractivity (Wildman–Crippen MR) is 187 cm³/mol. The second-order valence-electron chi connectivity index (χ2n) is 11.4. The number of amidine groups is 1. The summed E-state index contributed by atoms with van der Waals surface area (Å²) in [4.78, 5) is 64.0. The zero-order chi connectivity index (χ0) is 39.3. The van der Waals surface area contributed by atoms with Crippen LogP contribution in [0.25, 0.3) is 11.3 Å². The second-order valence-corrected chi connectivity index (χ2v) is 11.4. The number of esters is 1. The average Bonchev–Trinajstić information content (AvgIpc) is 3.11. The molecule has 280 valence electrons. The monoisotopic (exact) mass is 739 g/mol. The van der Waals surface area contributed by atoms with Crippen LogP contribution in [0.15, 0.2) is 83.8 Å². The van der Waals surface area contributed by atoms with Crippen molar-refractivity contribution in [1.82, 2.24) is 20.2 Å². The molecule has 0 aliphatic heterocycles. The van der Waals surface area contributed by atoms with E-state index < -0.39 is 35.7 Å². The van der Waals surface area contributed by atoms with Crippen LogP contribution in [-0.2, 0) is 38.8 Å². The summed E-state index contributed by atoms with van der Waals surface area (Å²) in [6.45, 7) is 3.58. The van der Waals surface area contributed by atoms with Crippen LogP contribution < -0.4 is 27.2 Å². The number of halogens is 3. The molecule has 53 heavy (non-hydrogen) atoms. The summed E-state index contributed by atoms with van der Waals surface area (Å²) < 4.78 is 43.0. The molecule has 0 radical (unpaired) electrons. The minimum Gasteiger partial charge on any atom is -0.475 e. The lowest BCUT2D eigenvalue weighted by Crippen LogP contribution is -2.35. The molecule has 0 unspecified atom stereocenters. The Bertz CT molecular complexity index is 2000. The lowest BCUT2D eigenvalue weighted by Gasteiger charge is -2.17. The molecule has 4 aromatic rings. The highest BCUT2D eigenvalue weighted by Crippen LogP contribution is 2.24. The number of carboxylic acids is 1. The molecule has 7 N–H and O–H groups in total. The molecule has 1 aromatic heterocycles. The smallest absolute Gasteiger partial charge is 0.475 e. The number of alkyl halides is 3. The summed E-state index contributed by atoms with van der Waals surface area (Å²) in [6, 6.07) is 20.3. The summed E-state index contributed by atoms with van der Waals surface area (Å²) in [5.74, 6) is -3.89. The van der Waals surface area contributed by atoms with Crippen molar-refractivity contribution >= 4 is 41.3 Å². The zero-order valence-corrected chi connectivity index (χ0v) is 28.6. The van der Waals surface area contributed by atoms with Crippen molar-refractivity contribution in [2.24, 2.45) is 0 Å². The van der Waals surface area contributed by atoms with E-state index in [2.05, 4.69) is 20.9 Å². The van der Waals surface area contributed by atoms with E-state index in [4.69, 9.17) is 30.5 Å². The summed E-state index contributed by atoms with van der Waals surface area (Å²) in [6.07, 6.45) is -4.39. The van der Waals surface area contributed by atoms with Crippen molar-refractivity contribution in [1.29, 1.82) is 5.41 Å². The first-order valence-electron chi connectivity index (χ1n) is 15.6. The van der Waals surface area contributed by atoms with Crippen molar-refractivity contribution in [2.45, 2.75) is 45.8 Å². The number of alkyl carbamates (subject to hydrolysis) is 1. The molecule has 0 spiro atoms. The number of nitrogens with zero attached hydrogens (tertiary/aromatic N) is 2. The van der Waals surface area contributed by atoms with Gasteiger partial charge in [-0.05, 0) is 43.2 Å². The molecule has 0 saturated carbocycles. The second kappa shape index (κ2) is 18.5. The van der Waals surface area contributed by atoms with Crippen molar-refractivity contribution < 1.29 is 46.9 Å². The van der Waals surface area contributed by atoms with Crippen LogP contribution in [0.5, 0.6) is 0 Å². The standard InChI is InChI=1S/C33H35N7O6.C2HF3O2/c1-20(2)38-30-31(42)40(27(17-37-30)24-13-25(32(43)45-3)15-26(34)14-24)18-28(41)36-16-21-9-11-23(12-10-21)29(35)39-33(44)46-19-22-7-5-4-6-8-22;3-2(4,5)1(6)7/h4-15,17,20H,16,18-19,34H2,1-3H3,(H,36,41)(H,37,38)(H2,35,39,44);(H,6,7). The Kier molecular flexibility index (Phi) is 14.2. The Morgan fingerprint density at radius 2 is 1.62 bits per heavy atom. The fraction of sp³-hybridized carbons (Fsp3) is 0.229. The van der Waals surface area contributed by atoms with Crippen molar-refractivity contribution in [3.8, 4) is 11.3 Å². The summed E-state index contributed by atoms with van der Waals surface area (Å²) in [5.41, 5.74) is 8.63. The number of anilines is 2. The molecular weight excluding hydrogens is 703 g/mol. The van der Waals surface area contributed by atoms with Gasteiger partial charge in [-0.2, -0.15) is 13.2 Å². The molecular formula is C35H36F3N7O8. The molecule has 0 aliphatic rings. The number of ether oxygens (including phenoxy) is 2. The first-order chi connectivity index (χ1) is 25.0. The summed E-state index contributed by atoms with van der Waals surface area (Å²) >= 11 is 0. The Labute approximate surface area is 300 Å². The number of aromatic nitrogens is 2. The van der Waals surface area contributed by atoms with Crippen LogP contribution >= 0.6 is 0 Å². The number of carboxylic acid groups (broad SMARTS) is 1. The first kappa shape index (κ1) is 40.7. The molecule has 2 amide bonds. The maximum atomic E-state index is 13.4. The van der Waals surface area contributed by atoms with Gasteiger partial charge in [0.05, 0.1) is 24.6 Å². The molecule has 0 bridgehead atoms. The minimum atomic E-state index is -5.08. The minimum absolute atomic E-state index is 0.0687. The van der Waals surface area contributed by atoms with Gasteiger partial charge in [-0.15, -0.1) is 0 Å². The number of nitrogens with two attached hydrogens (primary N) is 1. The van der Waals surface area contributed by atoms with Crippen LogP contribution in [0, 0.1) is 5.41 Å². The fourth-order valence-corrected chi connectivity index (χ4v) is 4.41. The molecule has 15 nitrogen and oxygen atoms in total. The van der Waals surface area contributed by atoms with E-state index in [9.17, 15) is 32.3 Å². The molecule has 0 fully saturated rings. The number of aliphatic carboxylic acids is 1. The number of hydrogen-bond donors (Lipinski definition) is 6. The maximum Gasteiger partial charge on any atom is 0.490 e. The van der Waals surface area contributed by atoms with Gasteiger partial charge in [-0.1, -0.05) is 54.6 Å². The van der Waals surface area contributed by atoms with Gasteiger partial charge < -0.3 is 30.9 Å². The quantitative estimate of drug-likeness (QED) is 0.0550. The lowest BCUT2D eigenvalue weighted by atomic mass is 10.1. The summed E-state index contributed by atoms with van der Waals surface area (Å²) in [7, 11) is 1.25. The normalized spacial score (nSPS) is 10.7. The van der Waals surface area contributed by atoms with Gasteiger partial charge in [0.15, 0.2) is 5.82 Å². The molecule has 3 aromatic carbocycles. The third kappa shape index (κ3) is 12.5. The number of amides is 2. The molecule has 0 saturated heterocycles. The largest absolute Gasteiger partial charge is 0.490 e. The van der Waals surface area contributed by atoms with E-state index in [1.807, 2.05) is 44.2 Å². The van der Waals surface area contributed by atoms with E-state index in [0.29, 0.717) is 11.1 Å². The van der Waals surface area contributed by atoms with Crippen LogP contribution in [-0.4, -0.2) is 63.8 Å². The van der Waals surface area contributed by atoms with Crippen molar-refractivity contribution in [3.05, 3.63) is 112 Å². The van der Waals surface area contributed by atoms with E-state index in [1.54, 1.807) is 30.3 Å². The topological polar surface area (TPSA) is 228 Å². The number of benzene rings is 3. The van der Waals surface area contributed by atoms with E-state index in [1.165, 1.54) is 30.0 Å². The van der Waals surface area contributed by atoms with Gasteiger partial charge in [-0.3, -0.25) is 24.9 Å². The highest BCUT2D eigenvalue weighted by molar-refractivity contribution is 6.04. The van der Waals surface area contributed by atoms with Gasteiger partial charge in [0.2, 0.25) is 5.91 Å². The number of carbonyl (C=O) groups is 4. The van der Waals surface area contributed by atoms with Gasteiger partial charge in [-0.25, -0.2) is 19.4 Å². The summed E-state index contributed by atoms with van der Waals surface area (Å²) in [5, 5.41) is 23.5. The maximum absolute atomic E-state index is 13.4. The van der Waals surface area contributed by atoms with Gasteiger partial charge in [0.25, 0.3) is 5.56 Å². The van der Waals surface area contributed by atoms with Gasteiger partial charge >= 0.3 is 24.2 Å². The molecule has 18 heteroatoms. The van der Waals surface area contributed by atoms with Crippen molar-refractivity contribution in [2.75, 3.05) is 18.2 Å². The average molecular weight is 740 g/mol. The number of carbonyl (C=O) groups excluding carboxylic acids is 3. The lowest BCUT2D eigenvalue weighted by molar-refractivity contribution is -0.192. The van der Waals surface area contributed by atoms with Crippen LogP contribution in [0.2, 0.25) is 0 Å². The number of methoxy groups -OCH3 is 1. The first-order valence-corrected chi connectivity index (χ1v) is 15.6.